The van der Waals surface area contributed by atoms with E-state index in [0.717, 1.165) is 43.2 Å². The van der Waals surface area contributed by atoms with Crippen LogP contribution in [0.4, 0.5) is 0 Å². The molecule has 1 aliphatic heterocycles. The summed E-state index contributed by atoms with van der Waals surface area (Å²) in [6.45, 7) is 3.04. The zero-order chi connectivity index (χ0) is 22.9. The topological polar surface area (TPSA) is 90.6 Å². The maximum absolute atomic E-state index is 13.1. The Hall–Kier alpha value is -3.33. The van der Waals surface area contributed by atoms with Gasteiger partial charge in [0, 0.05) is 18.2 Å². The first-order valence-electron chi connectivity index (χ1n) is 11.3. The average Bonchev–Trinajstić information content (AvgIpc) is 2.80. The Kier molecular flexibility index (Phi) is 8.27. The molecule has 0 saturated carbocycles. The molecule has 1 heterocycles. The summed E-state index contributed by atoms with van der Waals surface area (Å²) in [5.41, 5.74) is 3.13. The monoisotopic (exact) mass is 434 g/mol. The minimum Gasteiger partial charge on any atom is -0.489 e. The van der Waals surface area contributed by atoms with E-state index in [1.807, 2.05) is 18.2 Å². The SMILES string of the molecule is CCCCCCC(CC(=O)O)N1CCc2cc(OCc3ccc(C#N)cc3)ccc2C1=O. The van der Waals surface area contributed by atoms with Gasteiger partial charge in [0.15, 0.2) is 0 Å². The van der Waals surface area contributed by atoms with Crippen LogP contribution < -0.4 is 4.74 Å². The molecule has 1 amide bonds. The van der Waals surface area contributed by atoms with Gasteiger partial charge in [-0.2, -0.15) is 5.26 Å². The van der Waals surface area contributed by atoms with Crippen molar-refractivity contribution < 1.29 is 19.4 Å². The molecule has 1 aliphatic rings. The molecule has 0 spiro atoms. The fourth-order valence-corrected chi connectivity index (χ4v) is 4.14. The van der Waals surface area contributed by atoms with Crippen LogP contribution in [-0.2, 0) is 17.8 Å². The molecular weight excluding hydrogens is 404 g/mol. The molecule has 2 aromatic carbocycles. The molecular formula is C26H30N2O4. The highest BCUT2D eigenvalue weighted by Crippen LogP contribution is 2.27. The van der Waals surface area contributed by atoms with E-state index in [-0.39, 0.29) is 18.4 Å². The number of benzene rings is 2. The van der Waals surface area contributed by atoms with Gasteiger partial charge in [0.2, 0.25) is 0 Å². The summed E-state index contributed by atoms with van der Waals surface area (Å²) < 4.78 is 5.88. The standard InChI is InChI=1S/C26H30N2O4/c1-2-3-4-5-6-22(16-25(29)30)28-14-13-21-15-23(11-12-24(21)26(28)31)32-18-20-9-7-19(17-27)8-10-20/h7-12,15,22H,2-6,13-14,16,18H2,1H3,(H,29,30). The highest BCUT2D eigenvalue weighted by atomic mass is 16.5. The molecule has 1 unspecified atom stereocenters. The second-order valence-electron chi connectivity index (χ2n) is 8.27. The quantitative estimate of drug-likeness (QED) is 0.505. The lowest BCUT2D eigenvalue weighted by molar-refractivity contribution is -0.138. The lowest BCUT2D eigenvalue weighted by atomic mass is 9.94. The van der Waals surface area contributed by atoms with E-state index < -0.39 is 5.97 Å². The number of hydrogen-bond donors (Lipinski definition) is 1. The van der Waals surface area contributed by atoms with Crippen molar-refractivity contribution in [2.24, 2.45) is 0 Å². The summed E-state index contributed by atoms with van der Waals surface area (Å²) in [4.78, 5) is 26.3. The average molecular weight is 435 g/mol. The van der Waals surface area contributed by atoms with E-state index in [9.17, 15) is 14.7 Å². The van der Waals surface area contributed by atoms with Gasteiger partial charge in [0.1, 0.15) is 12.4 Å². The van der Waals surface area contributed by atoms with Gasteiger partial charge in [0.25, 0.3) is 5.91 Å². The van der Waals surface area contributed by atoms with Crippen LogP contribution in [0, 0.1) is 11.3 Å². The predicted octanol–water partition coefficient (Wildman–Crippen LogP) is 4.95. The molecule has 0 aromatic heterocycles. The van der Waals surface area contributed by atoms with Crippen molar-refractivity contribution in [1.82, 2.24) is 4.90 Å². The summed E-state index contributed by atoms with van der Waals surface area (Å²) in [6, 6.07) is 14.5. The number of carboxylic acid groups (broad SMARTS) is 1. The zero-order valence-corrected chi connectivity index (χ0v) is 18.5. The van der Waals surface area contributed by atoms with Crippen LogP contribution in [0.1, 0.15) is 72.5 Å². The summed E-state index contributed by atoms with van der Waals surface area (Å²) >= 11 is 0. The molecule has 0 aliphatic carbocycles. The number of ether oxygens (including phenoxy) is 1. The summed E-state index contributed by atoms with van der Waals surface area (Å²) in [7, 11) is 0. The summed E-state index contributed by atoms with van der Waals surface area (Å²) in [5.74, 6) is -0.265. The number of fused-ring (bicyclic) bond motifs is 1. The van der Waals surface area contributed by atoms with Crippen molar-refractivity contribution in [3.8, 4) is 11.8 Å². The van der Waals surface area contributed by atoms with Crippen LogP contribution >= 0.6 is 0 Å². The van der Waals surface area contributed by atoms with Crippen LogP contribution in [0.25, 0.3) is 0 Å². The van der Waals surface area contributed by atoms with Crippen molar-refractivity contribution in [3.63, 3.8) is 0 Å². The van der Waals surface area contributed by atoms with Crippen LogP contribution in [0.2, 0.25) is 0 Å². The highest BCUT2D eigenvalue weighted by molar-refractivity contribution is 5.97. The molecule has 0 radical (unpaired) electrons. The highest BCUT2D eigenvalue weighted by Gasteiger charge is 2.31. The van der Waals surface area contributed by atoms with E-state index in [1.54, 1.807) is 29.2 Å². The van der Waals surface area contributed by atoms with Gasteiger partial charge in [-0.15, -0.1) is 0 Å². The minimum absolute atomic E-state index is 0.0149. The molecule has 1 N–H and O–H groups in total. The van der Waals surface area contributed by atoms with Crippen LogP contribution in [-0.4, -0.2) is 34.5 Å². The Morgan fingerprint density at radius 2 is 1.97 bits per heavy atom. The Bertz CT molecular complexity index is 978. The Balaban J connectivity index is 1.65. The van der Waals surface area contributed by atoms with E-state index in [4.69, 9.17) is 10.00 Å². The number of carbonyl (C=O) groups is 2. The zero-order valence-electron chi connectivity index (χ0n) is 18.5. The van der Waals surface area contributed by atoms with Gasteiger partial charge in [-0.1, -0.05) is 44.7 Å². The van der Waals surface area contributed by atoms with E-state index in [1.165, 1.54) is 0 Å². The largest absolute Gasteiger partial charge is 0.489 e. The van der Waals surface area contributed by atoms with Crippen LogP contribution in [0.3, 0.4) is 0 Å². The molecule has 1 atom stereocenters. The third-order valence-electron chi connectivity index (χ3n) is 5.92. The normalized spacial score (nSPS) is 13.9. The minimum atomic E-state index is -0.865. The molecule has 2 aromatic rings. The maximum atomic E-state index is 13.1. The van der Waals surface area contributed by atoms with Gasteiger partial charge >= 0.3 is 5.97 Å². The van der Waals surface area contributed by atoms with E-state index in [0.29, 0.717) is 36.4 Å². The summed E-state index contributed by atoms with van der Waals surface area (Å²) in [6.07, 6.45) is 5.63. The predicted molar refractivity (Wildman–Crippen MR) is 121 cm³/mol. The Morgan fingerprint density at radius 3 is 2.66 bits per heavy atom. The van der Waals surface area contributed by atoms with Crippen molar-refractivity contribution in [2.45, 2.75) is 64.5 Å². The first-order valence-corrected chi connectivity index (χ1v) is 11.3. The first kappa shape index (κ1) is 23.3. The number of amides is 1. The van der Waals surface area contributed by atoms with E-state index in [2.05, 4.69) is 13.0 Å². The van der Waals surface area contributed by atoms with Gasteiger partial charge in [-0.25, -0.2) is 0 Å². The van der Waals surface area contributed by atoms with Crippen molar-refractivity contribution in [2.75, 3.05) is 6.54 Å². The van der Waals surface area contributed by atoms with Gasteiger partial charge in [-0.3, -0.25) is 9.59 Å². The number of rotatable bonds is 11. The second-order valence-corrected chi connectivity index (χ2v) is 8.27. The summed E-state index contributed by atoms with van der Waals surface area (Å²) in [5, 5.41) is 18.2. The molecule has 0 fully saturated rings. The van der Waals surface area contributed by atoms with Gasteiger partial charge in [-0.05, 0) is 54.3 Å². The molecule has 6 heteroatoms. The molecule has 6 nitrogen and oxygen atoms in total. The maximum Gasteiger partial charge on any atom is 0.305 e. The van der Waals surface area contributed by atoms with Crippen molar-refractivity contribution in [1.29, 1.82) is 5.26 Å². The fourth-order valence-electron chi connectivity index (χ4n) is 4.14. The smallest absolute Gasteiger partial charge is 0.305 e. The molecule has 32 heavy (non-hydrogen) atoms. The number of hydrogen-bond acceptors (Lipinski definition) is 4. The van der Waals surface area contributed by atoms with Gasteiger partial charge in [0.05, 0.1) is 18.1 Å². The first-order chi connectivity index (χ1) is 15.5. The van der Waals surface area contributed by atoms with Crippen LogP contribution in [0.15, 0.2) is 42.5 Å². The lowest BCUT2D eigenvalue weighted by Crippen LogP contribution is -2.45. The number of unbranched alkanes of at least 4 members (excludes halogenated alkanes) is 3. The van der Waals surface area contributed by atoms with Crippen molar-refractivity contribution in [3.05, 3.63) is 64.7 Å². The number of carboxylic acids is 1. The fraction of sp³-hybridized carbons (Fsp3) is 0.423. The lowest BCUT2D eigenvalue weighted by Gasteiger charge is -2.35. The van der Waals surface area contributed by atoms with E-state index >= 15 is 0 Å². The van der Waals surface area contributed by atoms with Crippen LogP contribution in [0.5, 0.6) is 5.75 Å². The third kappa shape index (κ3) is 6.10. The number of aliphatic carboxylic acids is 1. The van der Waals surface area contributed by atoms with Crippen molar-refractivity contribution >= 4 is 11.9 Å². The Morgan fingerprint density at radius 1 is 1.19 bits per heavy atom. The Labute approximate surface area is 189 Å². The number of carbonyl (C=O) groups excluding carboxylic acids is 1. The second kappa shape index (κ2) is 11.3. The molecule has 0 saturated heterocycles. The van der Waals surface area contributed by atoms with Gasteiger partial charge < -0.3 is 14.7 Å². The number of nitriles is 1. The molecule has 168 valence electrons. The molecule has 3 rings (SSSR count). The third-order valence-corrected chi connectivity index (χ3v) is 5.92. The number of nitrogens with zero attached hydrogens (tertiary/aromatic N) is 2. The molecule has 0 bridgehead atoms.